The van der Waals surface area contributed by atoms with Crippen LogP contribution in [0.3, 0.4) is 0 Å². The number of amides is 3. The average molecular weight is 1950 g/mol. The molecule has 34 atom stereocenters. The monoisotopic (exact) mass is 1950 g/mol. The van der Waals surface area contributed by atoms with E-state index in [1.807, 2.05) is 0 Å². The van der Waals surface area contributed by atoms with E-state index >= 15 is 0 Å². The summed E-state index contributed by atoms with van der Waals surface area (Å²) < 4.78 is 72.7. The Morgan fingerprint density at radius 1 is 0.415 bits per heavy atom. The minimum absolute atomic E-state index is 0.110. The molecule has 6 rings (SSSR count). The normalized spacial score (nSPS) is 33.8. The van der Waals surface area contributed by atoms with Gasteiger partial charge in [-0.2, -0.15) is 0 Å². The van der Waals surface area contributed by atoms with Gasteiger partial charge >= 0.3 is 11.9 Å². The summed E-state index contributed by atoms with van der Waals surface area (Å²) in [6.07, 6.45) is -21.6. The molecule has 42 heteroatoms. The zero-order chi connectivity index (χ0) is 99.5. The van der Waals surface area contributed by atoms with Gasteiger partial charge in [-0.15, -0.1) is 0 Å². The van der Waals surface area contributed by atoms with E-state index in [1.165, 1.54) is 128 Å². The third-order valence-corrected chi connectivity index (χ3v) is 26.4. The summed E-state index contributed by atoms with van der Waals surface area (Å²) in [5.74, 6) is -16.5. The summed E-state index contributed by atoms with van der Waals surface area (Å²) in [7, 11) is 0. The third kappa shape index (κ3) is 37.0. The first-order chi connectivity index (χ1) is 64.6. The summed E-state index contributed by atoms with van der Waals surface area (Å²) >= 11 is 0. The fourth-order valence-electron chi connectivity index (χ4n) is 18.6. The van der Waals surface area contributed by atoms with E-state index in [1.54, 1.807) is 0 Å². The van der Waals surface area contributed by atoms with Gasteiger partial charge in [-0.25, -0.2) is 9.59 Å². The van der Waals surface area contributed by atoms with E-state index in [2.05, 4.69) is 41.9 Å². The van der Waals surface area contributed by atoms with Crippen molar-refractivity contribution in [3.8, 4) is 0 Å². The highest BCUT2D eigenvalue weighted by atomic mass is 16.8. The van der Waals surface area contributed by atoms with Crippen LogP contribution in [0.2, 0.25) is 0 Å². The Balaban J connectivity index is 1.26. The van der Waals surface area contributed by atoms with Crippen LogP contribution in [0.25, 0.3) is 0 Å². The molecule has 135 heavy (non-hydrogen) atoms. The zero-order valence-electron chi connectivity index (χ0n) is 79.4. The number of carbonyl (C=O) groups is 6. The van der Waals surface area contributed by atoms with Crippen molar-refractivity contribution in [3.63, 3.8) is 0 Å². The smallest absolute Gasteiger partial charge is 0.364 e. The zero-order valence-corrected chi connectivity index (χ0v) is 79.4. The van der Waals surface area contributed by atoms with E-state index in [0.29, 0.717) is 12.8 Å². The third-order valence-electron chi connectivity index (χ3n) is 26.4. The lowest BCUT2D eigenvalue weighted by atomic mass is 9.86. The number of allylic oxidation sites excluding steroid dienone is 2. The van der Waals surface area contributed by atoms with Gasteiger partial charge in [0.25, 0.3) is 11.6 Å². The van der Waals surface area contributed by atoms with Gasteiger partial charge < -0.3 is 185 Å². The predicted molar refractivity (Wildman–Crippen MR) is 478 cm³/mol. The van der Waals surface area contributed by atoms with Gasteiger partial charge in [0.2, 0.25) is 17.7 Å². The number of ether oxygens (including phenoxy) is 12. The number of aliphatic carboxylic acids is 2. The highest BCUT2D eigenvalue weighted by molar-refractivity contribution is 5.78. The van der Waals surface area contributed by atoms with Gasteiger partial charge in [-0.3, -0.25) is 14.4 Å². The summed E-state index contributed by atoms with van der Waals surface area (Å²) in [5.41, 5.74) is 0. The van der Waals surface area contributed by atoms with Crippen molar-refractivity contribution in [3.05, 3.63) is 12.2 Å². The molecule has 786 valence electrons. The molecule has 2 unspecified atom stereocenters. The molecule has 0 saturated carbocycles. The summed E-state index contributed by atoms with van der Waals surface area (Å²) in [6, 6.07) is -5.01. The van der Waals surface area contributed by atoms with Crippen LogP contribution >= 0.6 is 0 Å². The van der Waals surface area contributed by atoms with Crippen molar-refractivity contribution < 1.29 is 193 Å². The lowest BCUT2D eigenvalue weighted by Crippen LogP contribution is -2.72. The van der Waals surface area contributed by atoms with E-state index < -0.39 is 308 Å². The van der Waals surface area contributed by atoms with Crippen LogP contribution in [-0.2, 0) is 85.6 Å². The molecule has 42 nitrogen and oxygen atoms in total. The number of aliphatic hydroxyl groups excluding tert-OH is 19. The molecule has 0 aromatic heterocycles. The molecule has 6 aliphatic heterocycles. The van der Waals surface area contributed by atoms with Crippen LogP contribution < -0.4 is 16.0 Å². The van der Waals surface area contributed by atoms with Crippen molar-refractivity contribution in [2.45, 2.75) is 486 Å². The lowest BCUT2D eigenvalue weighted by Gasteiger charge is -2.53. The molecule has 6 aliphatic rings. The molecule has 0 aromatic carbocycles. The van der Waals surface area contributed by atoms with E-state index in [-0.39, 0.29) is 12.8 Å². The number of Topliss-reactive ketones (excluding diaryl/α,β-unsaturated/α-hetero) is 1. The van der Waals surface area contributed by atoms with Gasteiger partial charge in [0.05, 0.1) is 88.8 Å². The Morgan fingerprint density at radius 3 is 1.30 bits per heavy atom. The molecule has 0 spiro atoms. The molecule has 24 N–H and O–H groups in total. The molecule has 0 bridgehead atoms. The Kier molecular flexibility index (Phi) is 55.5. The number of unbranched alkanes of at least 4 members (excludes halogenated alkanes) is 31. The van der Waals surface area contributed by atoms with Crippen LogP contribution in [0, 0.1) is 5.92 Å². The van der Waals surface area contributed by atoms with Crippen LogP contribution in [0.1, 0.15) is 285 Å². The first-order valence-electron chi connectivity index (χ1n) is 49.4. The highest BCUT2D eigenvalue weighted by Gasteiger charge is 2.64. The largest absolute Gasteiger partial charge is 0.477 e. The lowest BCUT2D eigenvalue weighted by molar-refractivity contribution is -0.407. The fourth-order valence-corrected chi connectivity index (χ4v) is 18.6. The maximum Gasteiger partial charge on any atom is 0.364 e. The van der Waals surface area contributed by atoms with E-state index in [0.717, 1.165) is 97.8 Å². The number of aliphatic hydroxyl groups is 19. The summed E-state index contributed by atoms with van der Waals surface area (Å²) in [5, 5.41) is 246. The number of carboxylic acid groups (broad SMARTS) is 2. The molecular weight excluding hydrogens is 1780 g/mol. The molecule has 6 saturated heterocycles. The van der Waals surface area contributed by atoms with Gasteiger partial charge in [0, 0.05) is 45.4 Å². The van der Waals surface area contributed by atoms with E-state index in [9.17, 15) is 136 Å². The Labute approximate surface area is 791 Å². The van der Waals surface area contributed by atoms with Crippen LogP contribution in [-0.4, -0.2) is 390 Å². The number of nitrogens with one attached hydrogen (secondary N) is 3. The molecule has 0 aliphatic carbocycles. The van der Waals surface area contributed by atoms with Crippen molar-refractivity contribution in [2.75, 3.05) is 46.2 Å². The molecular formula is C93H165N3O39. The SMILES string of the molecule is CCCCCCCC/C=C/CCCCCCCCCCCCCCCC(=O)N[C@@H](CO[C@@H]1O[C@H](CO)[C@@H](O[C@@H]2O[C@H](CO)[C@H](O[C@@H]3O[C@H](CO)[C@H](O)[C@H](O[C@@H]4O[C@H](CO)[C@H](O)[C@H](O)[C@H]4O)[C@H]3CC(C)=O)[C@H](O[C@]3(C(=O)O)C[C@H](O)[C@@H](NC(C)=O)C([C@H](O)[C@@H](CO)O[C@]4(C(=O)O)C[C@H](O)[C@@H](NC(C)=O)C([C@H](O)[C@H](O)CO)O4)O3)[C@H]2O)[C@H](O)[C@H]1O)[C@H](O)CCCCCCCCCCCCCCC. The quantitative estimate of drug-likeness (QED) is 0.0288. The van der Waals surface area contributed by atoms with Crippen LogP contribution in [0.5, 0.6) is 0 Å². The maximum atomic E-state index is 14.5. The minimum atomic E-state index is -3.67. The summed E-state index contributed by atoms with van der Waals surface area (Å²) in [6.45, 7) is -0.676. The first-order valence-corrected chi connectivity index (χ1v) is 49.4. The molecule has 6 fully saturated rings. The van der Waals surface area contributed by atoms with Crippen molar-refractivity contribution >= 4 is 35.4 Å². The van der Waals surface area contributed by atoms with Crippen LogP contribution in [0.4, 0.5) is 0 Å². The molecule has 0 aromatic rings. The van der Waals surface area contributed by atoms with Crippen LogP contribution in [0.15, 0.2) is 12.2 Å². The average Bonchev–Trinajstić information content (AvgIpc) is 0.741. The second-order valence-corrected chi connectivity index (χ2v) is 37.4. The second kappa shape index (κ2) is 62.8. The number of carboxylic acids is 2. The van der Waals surface area contributed by atoms with Gasteiger partial charge in [-0.05, 0) is 45.4 Å². The molecule has 6 heterocycles. The standard InChI is InChI=1S/C93H165N3O39/c1-6-8-10-12-14-16-18-20-21-22-23-24-25-26-27-28-29-31-33-35-37-39-41-43-68(110)96-58(59(106)42-40-38-36-34-32-30-19-17-15-13-11-9-7-2)53-124-87-78(118)76(116)81(66(51-101)127-87)130-89-79(119)85(82(67(52-102)128-89)131-86-57(44-54(3)103)80(73(113)64(49-99)125-86)129-88-77(117)75(115)72(112)63(48-98)126-88)135-93(91(122)123)46-61(108)70(95-56(5)105)84(134-93)74(114)65(50-100)132-92(90(120)121)45-60(107)69(94-55(4)104)83(133-92)71(111)62(109)47-97/h20-21,57-67,69-89,97-102,106-109,111-119H,6-19,22-53H2,1-5H3,(H,94,104)(H,95,105)(H,96,110)(H,120,121)(H,122,123)/b21-20+/t57-,58+,59-,60+,61+,62-,63-,64-,65-,66-,67-,69-,70-,71-,72+,73+,74-,75+,76-,77-,78-,79-,80-,81-,82+,83?,84?,85-,86+,87-,88+,89+,92-,93+/m1/s1. The minimum Gasteiger partial charge on any atom is -0.477 e. The highest BCUT2D eigenvalue weighted by Crippen LogP contribution is 2.44. The van der Waals surface area contributed by atoms with E-state index in [4.69, 9.17) is 56.8 Å². The number of hydrogen-bond donors (Lipinski definition) is 24. The maximum absolute atomic E-state index is 14.5. The van der Waals surface area contributed by atoms with Crippen molar-refractivity contribution in [2.24, 2.45) is 5.92 Å². The molecule has 0 radical (unpaired) electrons. The number of carbonyl (C=O) groups excluding carboxylic acids is 4. The van der Waals surface area contributed by atoms with Gasteiger partial charge in [0.15, 0.2) is 25.2 Å². The Bertz CT molecular complexity index is 3340. The second-order valence-electron chi connectivity index (χ2n) is 37.4. The topological polar surface area (TPSA) is 674 Å². The Hall–Kier alpha value is -4.48. The molecule has 3 amide bonds. The van der Waals surface area contributed by atoms with Gasteiger partial charge in [0.1, 0.15) is 128 Å². The summed E-state index contributed by atoms with van der Waals surface area (Å²) in [4.78, 5) is 80.7. The number of ketones is 1. The number of rotatable bonds is 68. The predicted octanol–water partition coefficient (Wildman–Crippen LogP) is 0.343. The Morgan fingerprint density at radius 2 is 0.822 bits per heavy atom. The number of hydrogen-bond acceptors (Lipinski definition) is 37. The first kappa shape index (κ1) is 119. The van der Waals surface area contributed by atoms with Crippen molar-refractivity contribution in [1.29, 1.82) is 0 Å². The van der Waals surface area contributed by atoms with Crippen molar-refractivity contribution in [1.82, 2.24) is 16.0 Å². The fraction of sp³-hybridized carbons (Fsp3) is 0.914. The van der Waals surface area contributed by atoms with Gasteiger partial charge in [-0.1, -0.05) is 212 Å².